The Morgan fingerprint density at radius 2 is 2.04 bits per heavy atom. The number of amides is 2. The van der Waals surface area contributed by atoms with Gasteiger partial charge in [0.25, 0.3) is 0 Å². The van der Waals surface area contributed by atoms with Gasteiger partial charge in [-0.15, -0.1) is 5.10 Å². The summed E-state index contributed by atoms with van der Waals surface area (Å²) in [4.78, 5) is 12.3. The van der Waals surface area contributed by atoms with E-state index in [1.807, 2.05) is 37.3 Å². The Morgan fingerprint density at radius 3 is 2.73 bits per heavy atom. The highest BCUT2D eigenvalue weighted by molar-refractivity contribution is 5.89. The molecule has 8 heteroatoms. The minimum atomic E-state index is -0.244. The van der Waals surface area contributed by atoms with Gasteiger partial charge < -0.3 is 5.32 Å². The van der Waals surface area contributed by atoms with Gasteiger partial charge in [-0.25, -0.2) is 9.48 Å². The minimum Gasteiger partial charge on any atom is -0.338 e. The molecule has 0 unspecified atom stereocenters. The summed E-state index contributed by atoms with van der Waals surface area (Å²) in [5.41, 5.74) is 2.86. The van der Waals surface area contributed by atoms with Crippen LogP contribution < -0.4 is 10.6 Å². The lowest BCUT2D eigenvalue weighted by Gasteiger charge is -2.11. The van der Waals surface area contributed by atoms with Crippen LogP contribution in [0.5, 0.6) is 0 Å². The van der Waals surface area contributed by atoms with Crippen LogP contribution in [0.4, 0.5) is 10.6 Å². The maximum absolute atomic E-state index is 12.3. The highest BCUT2D eigenvalue weighted by Gasteiger charge is 2.16. The van der Waals surface area contributed by atoms with Gasteiger partial charge in [-0.1, -0.05) is 30.3 Å². The van der Waals surface area contributed by atoms with Crippen molar-refractivity contribution in [3.8, 4) is 5.69 Å². The van der Waals surface area contributed by atoms with Gasteiger partial charge in [0.2, 0.25) is 0 Å². The van der Waals surface area contributed by atoms with E-state index in [4.69, 9.17) is 0 Å². The monoisotopic (exact) mass is 353 g/mol. The maximum atomic E-state index is 12.3. The van der Waals surface area contributed by atoms with Crippen LogP contribution >= 0.6 is 0 Å². The fourth-order valence-corrected chi connectivity index (χ4v) is 2.73. The summed E-state index contributed by atoms with van der Waals surface area (Å²) in [5, 5.41) is 18.1. The quantitative estimate of drug-likeness (QED) is 0.639. The van der Waals surface area contributed by atoms with E-state index in [1.165, 1.54) is 0 Å². The van der Waals surface area contributed by atoms with Crippen molar-refractivity contribution in [3.63, 3.8) is 0 Å². The number of carbonyl (C=O) groups is 1. The number of para-hydroxylation sites is 1. The molecule has 0 bridgehead atoms. The van der Waals surface area contributed by atoms with Crippen molar-refractivity contribution < 1.29 is 4.79 Å². The number of aromatic nitrogens is 5. The van der Waals surface area contributed by atoms with Gasteiger partial charge in [-0.2, -0.15) is 5.10 Å². The van der Waals surface area contributed by atoms with Gasteiger partial charge in [-0.3, -0.25) is 10.00 Å². The highest BCUT2D eigenvalue weighted by Crippen LogP contribution is 2.23. The first-order valence-corrected chi connectivity index (χ1v) is 8.72. The van der Waals surface area contributed by atoms with Crippen LogP contribution in [-0.4, -0.2) is 37.4 Å². The Hall–Kier alpha value is -3.16. The average Bonchev–Trinajstić information content (AvgIpc) is 3.28. The topological polar surface area (TPSA) is 89.7 Å². The molecule has 3 rings (SSSR count). The van der Waals surface area contributed by atoms with Gasteiger partial charge in [0.15, 0.2) is 0 Å². The van der Waals surface area contributed by atoms with Crippen LogP contribution in [0.2, 0.25) is 0 Å². The highest BCUT2D eigenvalue weighted by atomic mass is 16.2. The van der Waals surface area contributed by atoms with Gasteiger partial charge in [0, 0.05) is 24.8 Å². The number of hydrogen-bond acceptors (Lipinski definition) is 4. The van der Waals surface area contributed by atoms with Crippen LogP contribution in [0.15, 0.2) is 42.7 Å². The third kappa shape index (κ3) is 4.08. The first kappa shape index (κ1) is 17.7. The number of aryl methyl sites for hydroxylation is 2. The molecular formula is C18H23N7O. The Bertz CT molecular complexity index is 840. The summed E-state index contributed by atoms with van der Waals surface area (Å²) in [6, 6.07) is 9.54. The van der Waals surface area contributed by atoms with Gasteiger partial charge >= 0.3 is 6.03 Å². The molecule has 8 nitrogen and oxygen atoms in total. The van der Waals surface area contributed by atoms with E-state index in [2.05, 4.69) is 33.0 Å². The predicted octanol–water partition coefficient (Wildman–Crippen LogP) is 2.55. The summed E-state index contributed by atoms with van der Waals surface area (Å²) >= 11 is 0. The summed E-state index contributed by atoms with van der Waals surface area (Å²) in [5.74, 6) is 0.696. The first-order valence-electron chi connectivity index (χ1n) is 8.72. The van der Waals surface area contributed by atoms with Crippen molar-refractivity contribution >= 4 is 11.8 Å². The molecule has 3 aromatic rings. The number of nitrogens with one attached hydrogen (secondary N) is 2. The molecule has 26 heavy (non-hydrogen) atoms. The summed E-state index contributed by atoms with van der Waals surface area (Å²) in [6.07, 6.45) is 5.01. The summed E-state index contributed by atoms with van der Waals surface area (Å²) in [7, 11) is 0. The van der Waals surface area contributed by atoms with E-state index in [0.29, 0.717) is 18.9 Å². The molecule has 0 atom stereocenters. The van der Waals surface area contributed by atoms with E-state index < -0.39 is 0 Å². The van der Waals surface area contributed by atoms with Crippen molar-refractivity contribution in [2.45, 2.75) is 33.2 Å². The lowest BCUT2D eigenvalue weighted by molar-refractivity contribution is 0.251. The number of carbonyl (C=O) groups excluding carboxylic acids is 1. The molecule has 0 saturated carbocycles. The Labute approximate surface area is 152 Å². The van der Waals surface area contributed by atoms with E-state index in [9.17, 15) is 4.79 Å². The van der Waals surface area contributed by atoms with Crippen LogP contribution in [0.3, 0.4) is 0 Å². The minimum absolute atomic E-state index is 0.244. The molecule has 2 heterocycles. The van der Waals surface area contributed by atoms with Crippen LogP contribution in [0.1, 0.15) is 24.6 Å². The molecule has 0 fully saturated rings. The molecule has 0 spiro atoms. The number of benzene rings is 1. The van der Waals surface area contributed by atoms with Gasteiger partial charge in [-0.05, 0) is 31.9 Å². The van der Waals surface area contributed by atoms with Crippen LogP contribution in [-0.2, 0) is 13.0 Å². The standard InChI is InChI=1S/C18H23N7O/c1-3-16-14(2)17(25(22-16)15-8-5-4-6-9-15)21-18(26)19-10-7-12-24-13-11-20-23-24/h4-6,8-9,11,13H,3,7,10,12H2,1-2H3,(H2,19,21,26). The normalized spacial score (nSPS) is 10.7. The maximum Gasteiger partial charge on any atom is 0.320 e. The molecule has 2 aromatic heterocycles. The molecule has 0 aliphatic heterocycles. The molecule has 2 amide bonds. The number of rotatable bonds is 7. The molecule has 0 aliphatic carbocycles. The summed E-state index contributed by atoms with van der Waals surface area (Å²) in [6.45, 7) is 5.29. The second-order valence-electron chi connectivity index (χ2n) is 5.92. The second-order valence-corrected chi connectivity index (χ2v) is 5.92. The zero-order valence-electron chi connectivity index (χ0n) is 15.0. The van der Waals surface area contributed by atoms with Gasteiger partial charge in [0.05, 0.1) is 17.6 Å². The molecule has 0 saturated heterocycles. The third-order valence-corrected chi connectivity index (χ3v) is 4.11. The SMILES string of the molecule is CCc1nn(-c2ccccc2)c(NC(=O)NCCCn2ccnn2)c1C. The Kier molecular flexibility index (Phi) is 5.62. The van der Waals surface area contributed by atoms with E-state index >= 15 is 0 Å². The first-order chi connectivity index (χ1) is 12.7. The smallest absolute Gasteiger partial charge is 0.320 e. The van der Waals surface area contributed by atoms with Crippen molar-refractivity contribution in [1.82, 2.24) is 30.1 Å². The molecule has 0 aliphatic rings. The number of hydrogen-bond donors (Lipinski definition) is 2. The largest absolute Gasteiger partial charge is 0.338 e. The second kappa shape index (κ2) is 8.28. The van der Waals surface area contributed by atoms with Gasteiger partial charge in [0.1, 0.15) is 5.82 Å². The van der Waals surface area contributed by atoms with Crippen molar-refractivity contribution in [2.24, 2.45) is 0 Å². The third-order valence-electron chi connectivity index (χ3n) is 4.11. The van der Waals surface area contributed by atoms with Crippen LogP contribution in [0, 0.1) is 6.92 Å². The van der Waals surface area contributed by atoms with Crippen molar-refractivity contribution in [1.29, 1.82) is 0 Å². The molecule has 136 valence electrons. The molecule has 1 aromatic carbocycles. The van der Waals surface area contributed by atoms with E-state index in [-0.39, 0.29) is 6.03 Å². The van der Waals surface area contributed by atoms with Crippen molar-refractivity contribution in [2.75, 3.05) is 11.9 Å². The molecular weight excluding hydrogens is 330 g/mol. The lowest BCUT2D eigenvalue weighted by atomic mass is 10.2. The van der Waals surface area contributed by atoms with E-state index in [1.54, 1.807) is 21.8 Å². The molecule has 2 N–H and O–H groups in total. The lowest BCUT2D eigenvalue weighted by Crippen LogP contribution is -2.31. The Balaban J connectivity index is 1.64. The average molecular weight is 353 g/mol. The fourth-order valence-electron chi connectivity index (χ4n) is 2.73. The zero-order chi connectivity index (χ0) is 18.4. The number of urea groups is 1. The zero-order valence-corrected chi connectivity index (χ0v) is 15.0. The van der Waals surface area contributed by atoms with E-state index in [0.717, 1.165) is 29.8 Å². The van der Waals surface area contributed by atoms with Crippen molar-refractivity contribution in [3.05, 3.63) is 54.0 Å². The fraction of sp³-hybridized carbons (Fsp3) is 0.333. The summed E-state index contributed by atoms with van der Waals surface area (Å²) < 4.78 is 3.52. The Morgan fingerprint density at radius 1 is 1.23 bits per heavy atom. The molecule has 0 radical (unpaired) electrons. The predicted molar refractivity (Wildman–Crippen MR) is 99.3 cm³/mol. The van der Waals surface area contributed by atoms with Crippen LogP contribution in [0.25, 0.3) is 5.69 Å². The number of nitrogens with zero attached hydrogens (tertiary/aromatic N) is 5. The number of anilines is 1.